The first-order chi connectivity index (χ1) is 22.5. The molecule has 0 saturated carbocycles. The summed E-state index contributed by atoms with van der Waals surface area (Å²) in [5.41, 5.74) is 7.19. The molecule has 2 aromatic rings. The number of benzene rings is 2. The molecule has 0 aliphatic carbocycles. The van der Waals surface area contributed by atoms with Crippen molar-refractivity contribution < 1.29 is 24.0 Å². The van der Waals surface area contributed by atoms with Crippen molar-refractivity contribution in [3.63, 3.8) is 0 Å². The van der Waals surface area contributed by atoms with Gasteiger partial charge in [-0.05, 0) is 97.8 Å². The van der Waals surface area contributed by atoms with Crippen LogP contribution >= 0.6 is 0 Å². The lowest BCUT2D eigenvalue weighted by atomic mass is 9.92. The van der Waals surface area contributed by atoms with E-state index in [2.05, 4.69) is 36.5 Å². The Bertz CT molecular complexity index is 1510. The summed E-state index contributed by atoms with van der Waals surface area (Å²) in [5, 5.41) is 3.14. The van der Waals surface area contributed by atoms with Crippen LogP contribution in [0.4, 0.5) is 11.4 Å². The van der Waals surface area contributed by atoms with E-state index < -0.39 is 6.04 Å². The van der Waals surface area contributed by atoms with E-state index in [1.807, 2.05) is 34.7 Å². The van der Waals surface area contributed by atoms with Crippen LogP contribution in [0.2, 0.25) is 0 Å². The topological polar surface area (TPSA) is 107 Å². The number of hydrogen-bond acceptors (Lipinski definition) is 6. The maximum atomic E-state index is 14.0. The van der Waals surface area contributed by atoms with Crippen LogP contribution in [0.5, 0.6) is 0 Å². The first kappa shape index (κ1) is 35.7. The average molecular weight is 643 g/mol. The number of rotatable bonds is 15. The smallest absolute Gasteiger partial charge is 0.258 e. The van der Waals surface area contributed by atoms with E-state index >= 15 is 0 Å². The molecular weight excluding hydrogens is 592 g/mol. The zero-order valence-corrected chi connectivity index (χ0v) is 29.1. The molecule has 0 spiro atoms. The van der Waals surface area contributed by atoms with Crippen LogP contribution in [0.3, 0.4) is 0 Å². The number of nitrogens with one attached hydrogen (secondary N) is 1. The van der Waals surface area contributed by atoms with Crippen molar-refractivity contribution in [3.05, 3.63) is 69.8 Å². The Labute approximate surface area is 279 Å². The Balaban J connectivity index is 1.65. The average Bonchev–Trinajstić information content (AvgIpc) is 3.53. The molecule has 2 atom stereocenters. The van der Waals surface area contributed by atoms with E-state index in [0.717, 1.165) is 52.8 Å². The minimum absolute atomic E-state index is 0.0147. The molecular formula is C38H50N4O5. The van der Waals surface area contributed by atoms with Crippen molar-refractivity contribution in [2.45, 2.75) is 99.0 Å². The highest BCUT2D eigenvalue weighted by Gasteiger charge is 2.45. The maximum Gasteiger partial charge on any atom is 0.258 e. The van der Waals surface area contributed by atoms with E-state index in [1.165, 1.54) is 28.9 Å². The van der Waals surface area contributed by atoms with Gasteiger partial charge in [0, 0.05) is 25.6 Å². The van der Waals surface area contributed by atoms with Crippen molar-refractivity contribution >= 4 is 40.9 Å². The molecule has 1 fully saturated rings. The summed E-state index contributed by atoms with van der Waals surface area (Å²) in [7, 11) is 1.91. The van der Waals surface area contributed by atoms with E-state index in [-0.39, 0.29) is 41.9 Å². The second kappa shape index (κ2) is 15.7. The quantitative estimate of drug-likeness (QED) is 0.215. The standard InChI is InChI=1S/C38H50N4O5/c1-8-28-18-26(19-29(9-2)36(28)41-33(44)14-15-34(41)45)17-27-20-30(10-3)37(31(11-4)21-27)42-35(46)22-32(38(42)47)40(25(6)43)23-24(5)13-12-16-39-7/h14-15,18-21,24,32,39H,8-13,16-17,22-23H2,1-7H3. The van der Waals surface area contributed by atoms with Gasteiger partial charge in [-0.15, -0.1) is 0 Å². The number of carbonyl (C=O) groups is 5. The Morgan fingerprint density at radius 3 is 1.72 bits per heavy atom. The van der Waals surface area contributed by atoms with Gasteiger partial charge in [0.25, 0.3) is 17.7 Å². The van der Waals surface area contributed by atoms with Crippen LogP contribution in [0, 0.1) is 5.92 Å². The minimum Gasteiger partial charge on any atom is -0.330 e. The van der Waals surface area contributed by atoms with Crippen molar-refractivity contribution in [1.82, 2.24) is 10.2 Å². The van der Waals surface area contributed by atoms with Gasteiger partial charge in [-0.25, -0.2) is 9.80 Å². The van der Waals surface area contributed by atoms with Gasteiger partial charge >= 0.3 is 0 Å². The Kier molecular flexibility index (Phi) is 11.9. The van der Waals surface area contributed by atoms with E-state index in [0.29, 0.717) is 50.0 Å². The molecule has 0 radical (unpaired) electrons. The zero-order valence-electron chi connectivity index (χ0n) is 29.1. The monoisotopic (exact) mass is 642 g/mol. The molecule has 2 aromatic carbocycles. The van der Waals surface area contributed by atoms with Crippen molar-refractivity contribution in [2.75, 3.05) is 29.9 Å². The summed E-state index contributed by atoms with van der Waals surface area (Å²) < 4.78 is 0. The van der Waals surface area contributed by atoms with Crippen LogP contribution in [-0.2, 0) is 56.1 Å². The SMILES string of the molecule is CCc1cc(Cc2cc(CC)c(N3C(=O)CC(N(CC(C)CCCNC)C(C)=O)C3=O)c(CC)c2)cc(CC)c1N1C(=O)C=CC1=O. The number of aryl methyl sites for hydroxylation is 4. The molecule has 5 amide bonds. The number of imide groups is 2. The van der Waals surface area contributed by atoms with Crippen LogP contribution in [0.1, 0.15) is 94.2 Å². The van der Waals surface area contributed by atoms with Gasteiger partial charge in [-0.3, -0.25) is 24.0 Å². The second-order valence-electron chi connectivity index (χ2n) is 12.8. The van der Waals surface area contributed by atoms with E-state index in [4.69, 9.17) is 0 Å². The summed E-state index contributed by atoms with van der Waals surface area (Å²) in [5.74, 6) is -1.24. The summed E-state index contributed by atoms with van der Waals surface area (Å²) >= 11 is 0. The highest BCUT2D eigenvalue weighted by Crippen LogP contribution is 2.36. The number of amides is 5. The number of carbonyl (C=O) groups excluding carboxylic acids is 5. The van der Waals surface area contributed by atoms with Crippen LogP contribution < -0.4 is 15.1 Å². The molecule has 0 aromatic heterocycles. The Morgan fingerprint density at radius 2 is 1.30 bits per heavy atom. The first-order valence-electron chi connectivity index (χ1n) is 17.1. The van der Waals surface area contributed by atoms with Crippen LogP contribution in [-0.4, -0.2) is 60.6 Å². The van der Waals surface area contributed by atoms with Gasteiger partial charge in [0.1, 0.15) is 6.04 Å². The largest absolute Gasteiger partial charge is 0.330 e. The van der Waals surface area contributed by atoms with Crippen LogP contribution in [0.15, 0.2) is 36.4 Å². The molecule has 2 aliphatic rings. The van der Waals surface area contributed by atoms with Crippen molar-refractivity contribution in [1.29, 1.82) is 0 Å². The van der Waals surface area contributed by atoms with E-state index in [9.17, 15) is 24.0 Å². The van der Waals surface area contributed by atoms with E-state index in [1.54, 1.807) is 4.90 Å². The predicted molar refractivity (Wildman–Crippen MR) is 185 cm³/mol. The molecule has 2 aliphatic heterocycles. The van der Waals surface area contributed by atoms with Crippen molar-refractivity contribution in [2.24, 2.45) is 5.92 Å². The van der Waals surface area contributed by atoms with Gasteiger partial charge in [0.15, 0.2) is 0 Å². The van der Waals surface area contributed by atoms with Gasteiger partial charge in [-0.2, -0.15) is 0 Å². The van der Waals surface area contributed by atoms with Gasteiger partial charge < -0.3 is 10.2 Å². The molecule has 9 nitrogen and oxygen atoms in total. The Morgan fingerprint density at radius 1 is 0.830 bits per heavy atom. The number of nitrogens with zero attached hydrogens (tertiary/aromatic N) is 3. The third-order valence-electron chi connectivity index (χ3n) is 9.38. The summed E-state index contributed by atoms with van der Waals surface area (Å²) in [6.45, 7) is 13.0. The fourth-order valence-electron chi connectivity index (χ4n) is 7.00. The fraction of sp³-hybridized carbons (Fsp3) is 0.500. The molecule has 4 rings (SSSR count). The summed E-state index contributed by atoms with van der Waals surface area (Å²) in [6.07, 6.45) is 7.71. The first-order valence-corrected chi connectivity index (χ1v) is 17.1. The normalized spacial score (nSPS) is 17.0. The summed E-state index contributed by atoms with van der Waals surface area (Å²) in [4.78, 5) is 69.6. The zero-order chi connectivity index (χ0) is 34.4. The molecule has 47 heavy (non-hydrogen) atoms. The highest BCUT2D eigenvalue weighted by molar-refractivity contribution is 6.28. The highest BCUT2D eigenvalue weighted by atomic mass is 16.2. The lowest BCUT2D eigenvalue weighted by molar-refractivity contribution is -0.137. The van der Waals surface area contributed by atoms with Gasteiger partial charge in [0.2, 0.25) is 11.8 Å². The molecule has 9 heteroatoms. The second-order valence-corrected chi connectivity index (χ2v) is 12.8. The molecule has 1 N–H and O–H groups in total. The third kappa shape index (κ3) is 7.56. The molecule has 0 bridgehead atoms. The molecule has 2 unspecified atom stereocenters. The van der Waals surface area contributed by atoms with Crippen LogP contribution in [0.25, 0.3) is 0 Å². The maximum absolute atomic E-state index is 14.0. The minimum atomic E-state index is -0.802. The molecule has 1 saturated heterocycles. The van der Waals surface area contributed by atoms with Gasteiger partial charge in [0.05, 0.1) is 17.8 Å². The predicted octanol–water partition coefficient (Wildman–Crippen LogP) is 5.07. The molecule has 252 valence electrons. The lowest BCUT2D eigenvalue weighted by Gasteiger charge is -2.30. The van der Waals surface area contributed by atoms with Crippen molar-refractivity contribution in [3.8, 4) is 0 Å². The fourth-order valence-corrected chi connectivity index (χ4v) is 7.00. The third-order valence-corrected chi connectivity index (χ3v) is 9.38. The lowest BCUT2D eigenvalue weighted by Crippen LogP contribution is -2.46. The molecule has 2 heterocycles. The van der Waals surface area contributed by atoms with Gasteiger partial charge in [-0.1, -0.05) is 58.9 Å². The number of anilines is 2. The Hall–Kier alpha value is -4.11. The summed E-state index contributed by atoms with van der Waals surface area (Å²) in [6, 6.07) is 7.51. The number of hydrogen-bond donors (Lipinski definition) is 1.